The first-order chi connectivity index (χ1) is 14.4. The number of rotatable bonds is 6. The summed E-state index contributed by atoms with van der Waals surface area (Å²) >= 11 is 4.77. The number of benzene rings is 2. The Labute approximate surface area is 187 Å². The highest BCUT2D eigenvalue weighted by molar-refractivity contribution is 9.10. The lowest BCUT2D eigenvalue weighted by Crippen LogP contribution is -2.11. The summed E-state index contributed by atoms with van der Waals surface area (Å²) in [5.41, 5.74) is 2.86. The van der Waals surface area contributed by atoms with Crippen LogP contribution in [0.5, 0.6) is 5.75 Å². The van der Waals surface area contributed by atoms with Gasteiger partial charge in [0.15, 0.2) is 0 Å². The smallest absolute Gasteiger partial charge is 0.341 e. The van der Waals surface area contributed by atoms with Crippen molar-refractivity contribution in [1.82, 2.24) is 0 Å². The number of nitrogens with one attached hydrogen (secondary N) is 1. The van der Waals surface area contributed by atoms with Gasteiger partial charge in [0, 0.05) is 16.5 Å². The molecule has 0 spiro atoms. The van der Waals surface area contributed by atoms with Crippen LogP contribution in [0.25, 0.3) is 17.2 Å². The maximum atomic E-state index is 12.5. The minimum atomic E-state index is -0.489. The van der Waals surface area contributed by atoms with E-state index in [1.165, 1.54) is 24.5 Å². The van der Waals surface area contributed by atoms with Gasteiger partial charge in [0.05, 0.1) is 18.7 Å². The van der Waals surface area contributed by atoms with Gasteiger partial charge in [-0.05, 0) is 52.2 Å². The molecule has 0 aliphatic rings. The molecule has 0 saturated heterocycles. The van der Waals surface area contributed by atoms with E-state index in [1.807, 2.05) is 55.5 Å². The first kappa shape index (κ1) is 21.8. The third-order valence-electron chi connectivity index (χ3n) is 4.38. The molecule has 30 heavy (non-hydrogen) atoms. The molecule has 1 amide bonds. The van der Waals surface area contributed by atoms with Gasteiger partial charge in [-0.25, -0.2) is 4.79 Å². The summed E-state index contributed by atoms with van der Waals surface area (Å²) in [6.45, 7) is 1.92. The summed E-state index contributed by atoms with van der Waals surface area (Å²) < 4.78 is 11.0. The molecule has 0 aliphatic carbocycles. The third kappa shape index (κ3) is 4.80. The molecule has 1 aromatic heterocycles. The van der Waals surface area contributed by atoms with Crippen molar-refractivity contribution in [2.45, 2.75) is 6.92 Å². The zero-order valence-corrected chi connectivity index (χ0v) is 19.1. The fraction of sp³-hybridized carbons (Fsp3) is 0.130. The number of carbonyl (C=O) groups is 2. The maximum Gasteiger partial charge on any atom is 0.341 e. The Morgan fingerprint density at radius 2 is 1.83 bits per heavy atom. The highest BCUT2D eigenvalue weighted by atomic mass is 79.9. The van der Waals surface area contributed by atoms with Crippen LogP contribution in [-0.2, 0) is 9.53 Å². The van der Waals surface area contributed by atoms with Crippen LogP contribution in [0.15, 0.2) is 59.1 Å². The number of hydrogen-bond acceptors (Lipinski definition) is 5. The fourth-order valence-electron chi connectivity index (χ4n) is 2.99. The lowest BCUT2D eigenvalue weighted by molar-refractivity contribution is -0.111. The van der Waals surface area contributed by atoms with Crippen LogP contribution in [0.4, 0.5) is 5.00 Å². The Kier molecular flexibility index (Phi) is 7.07. The number of amides is 1. The van der Waals surface area contributed by atoms with Crippen LogP contribution >= 0.6 is 27.3 Å². The summed E-state index contributed by atoms with van der Waals surface area (Å²) in [6.07, 6.45) is 3.11. The van der Waals surface area contributed by atoms with E-state index in [-0.39, 0.29) is 5.91 Å². The number of esters is 1. The van der Waals surface area contributed by atoms with Crippen LogP contribution in [-0.4, -0.2) is 26.1 Å². The molecule has 1 heterocycles. The van der Waals surface area contributed by atoms with Gasteiger partial charge < -0.3 is 14.8 Å². The molecule has 3 rings (SSSR count). The molecule has 0 bridgehead atoms. The number of anilines is 1. The normalized spacial score (nSPS) is 10.8. The Balaban J connectivity index is 1.88. The van der Waals surface area contributed by atoms with Crippen LogP contribution in [0.3, 0.4) is 0 Å². The summed E-state index contributed by atoms with van der Waals surface area (Å²) in [6, 6.07) is 15.1. The molecule has 2 aromatic carbocycles. The highest BCUT2D eigenvalue weighted by Gasteiger charge is 2.24. The standard InChI is InChI=1S/C23H20BrNO4S/c1-14-20(16-7-5-4-6-8-16)21(23(27)29-3)22(30-14)25-19(26)12-10-15-9-11-18(28-2)17(24)13-15/h4-13H,1-3H3,(H,25,26)/b12-10+. The molecule has 5 nitrogen and oxygen atoms in total. The van der Waals surface area contributed by atoms with Crippen molar-refractivity contribution in [3.05, 3.63) is 75.1 Å². The van der Waals surface area contributed by atoms with Gasteiger partial charge in [0.2, 0.25) is 5.91 Å². The number of methoxy groups -OCH3 is 2. The minimum absolute atomic E-state index is 0.340. The average molecular weight is 486 g/mol. The monoisotopic (exact) mass is 485 g/mol. The van der Waals surface area contributed by atoms with Gasteiger partial charge in [-0.15, -0.1) is 11.3 Å². The summed E-state index contributed by atoms with van der Waals surface area (Å²) in [5, 5.41) is 3.28. The van der Waals surface area contributed by atoms with Crippen molar-refractivity contribution in [2.24, 2.45) is 0 Å². The number of ether oxygens (including phenoxy) is 2. The Morgan fingerprint density at radius 3 is 2.47 bits per heavy atom. The first-order valence-electron chi connectivity index (χ1n) is 9.04. The first-order valence-corrected chi connectivity index (χ1v) is 10.6. The summed E-state index contributed by atoms with van der Waals surface area (Å²) in [7, 11) is 2.92. The molecule has 7 heteroatoms. The van der Waals surface area contributed by atoms with Gasteiger partial charge in [0.25, 0.3) is 0 Å². The summed E-state index contributed by atoms with van der Waals surface area (Å²) in [4.78, 5) is 25.9. The molecule has 154 valence electrons. The lowest BCUT2D eigenvalue weighted by Gasteiger charge is -2.07. The number of aryl methyl sites for hydroxylation is 1. The maximum absolute atomic E-state index is 12.5. The SMILES string of the molecule is COC(=O)c1c(NC(=O)/C=C/c2ccc(OC)c(Br)c2)sc(C)c1-c1ccccc1. The predicted octanol–water partition coefficient (Wildman–Crippen LogP) is 5.93. The van der Waals surface area contributed by atoms with E-state index >= 15 is 0 Å². The molecule has 0 radical (unpaired) electrons. The number of thiophene rings is 1. The van der Waals surface area contributed by atoms with Gasteiger partial charge in [0.1, 0.15) is 16.3 Å². The van der Waals surface area contributed by atoms with Crippen molar-refractivity contribution in [1.29, 1.82) is 0 Å². The van der Waals surface area contributed by atoms with Crippen molar-refractivity contribution in [2.75, 3.05) is 19.5 Å². The molecule has 0 unspecified atom stereocenters. The number of carbonyl (C=O) groups excluding carboxylic acids is 2. The molecule has 0 saturated carbocycles. The molecule has 0 fully saturated rings. The molecule has 0 atom stereocenters. The molecular formula is C23H20BrNO4S. The fourth-order valence-corrected chi connectivity index (χ4v) is 4.62. The lowest BCUT2D eigenvalue weighted by atomic mass is 10.0. The van der Waals surface area contributed by atoms with Crippen molar-refractivity contribution < 1.29 is 19.1 Å². The van der Waals surface area contributed by atoms with Gasteiger partial charge in [-0.1, -0.05) is 36.4 Å². The zero-order chi connectivity index (χ0) is 21.7. The molecule has 1 N–H and O–H groups in total. The van der Waals surface area contributed by atoms with Crippen LogP contribution in [0.1, 0.15) is 20.8 Å². The average Bonchev–Trinajstić information content (AvgIpc) is 3.07. The van der Waals surface area contributed by atoms with E-state index < -0.39 is 5.97 Å². The second-order valence-corrected chi connectivity index (χ2v) is 8.39. The Morgan fingerprint density at radius 1 is 1.10 bits per heavy atom. The van der Waals surface area contributed by atoms with Crippen molar-refractivity contribution in [3.63, 3.8) is 0 Å². The van der Waals surface area contributed by atoms with Crippen molar-refractivity contribution in [3.8, 4) is 16.9 Å². The van der Waals surface area contributed by atoms with Gasteiger partial charge in [-0.2, -0.15) is 0 Å². The predicted molar refractivity (Wildman–Crippen MR) is 124 cm³/mol. The van der Waals surface area contributed by atoms with Gasteiger partial charge in [-0.3, -0.25) is 4.79 Å². The topological polar surface area (TPSA) is 64.6 Å². The van der Waals surface area contributed by atoms with Crippen LogP contribution in [0, 0.1) is 6.92 Å². The van der Waals surface area contributed by atoms with E-state index in [0.29, 0.717) is 16.3 Å². The highest BCUT2D eigenvalue weighted by Crippen LogP contribution is 2.40. The van der Waals surface area contributed by atoms with E-state index in [1.54, 1.807) is 13.2 Å². The zero-order valence-electron chi connectivity index (χ0n) is 16.7. The summed E-state index contributed by atoms with van der Waals surface area (Å²) in [5.74, 6) is -0.119. The Hall–Kier alpha value is -2.90. The molecule has 3 aromatic rings. The van der Waals surface area contributed by atoms with Gasteiger partial charge >= 0.3 is 5.97 Å². The third-order valence-corrected chi connectivity index (χ3v) is 6.02. The second-order valence-electron chi connectivity index (χ2n) is 6.31. The van der Waals surface area contributed by atoms with Crippen LogP contribution < -0.4 is 10.1 Å². The van der Waals surface area contributed by atoms with Crippen LogP contribution in [0.2, 0.25) is 0 Å². The Bertz CT molecular complexity index is 1110. The minimum Gasteiger partial charge on any atom is -0.496 e. The quantitative estimate of drug-likeness (QED) is 0.346. The second kappa shape index (κ2) is 9.73. The number of halogens is 1. The largest absolute Gasteiger partial charge is 0.496 e. The van der Waals surface area contributed by atoms with E-state index in [0.717, 1.165) is 26.0 Å². The van der Waals surface area contributed by atoms with E-state index in [9.17, 15) is 9.59 Å². The van der Waals surface area contributed by atoms with E-state index in [4.69, 9.17) is 9.47 Å². The van der Waals surface area contributed by atoms with E-state index in [2.05, 4.69) is 21.2 Å². The van der Waals surface area contributed by atoms with Crippen molar-refractivity contribution >= 4 is 50.2 Å². The molecule has 0 aliphatic heterocycles. The molecular weight excluding hydrogens is 466 g/mol. The number of hydrogen-bond donors (Lipinski definition) is 1.